The first kappa shape index (κ1) is 14.6. The van der Waals surface area contributed by atoms with E-state index in [1.165, 1.54) is 11.3 Å². The Labute approximate surface area is 110 Å². The van der Waals surface area contributed by atoms with Gasteiger partial charge in [-0.1, -0.05) is 0 Å². The normalized spacial score (nSPS) is 10.7. The molecule has 0 aliphatic carbocycles. The van der Waals surface area contributed by atoms with Crippen molar-refractivity contribution in [1.29, 1.82) is 0 Å². The standard InChI is InChI=1S/C12H18N2O3S/c1-7(2)14(6-5-10(15)16)12(17)11-8(3)13-9(4)18-11/h7H,5-6H2,1-4H3,(H,15,16). The molecule has 0 atom stereocenters. The van der Waals surface area contributed by atoms with E-state index in [1.807, 2.05) is 20.8 Å². The molecule has 0 aliphatic rings. The van der Waals surface area contributed by atoms with Crippen molar-refractivity contribution < 1.29 is 14.7 Å². The van der Waals surface area contributed by atoms with E-state index in [4.69, 9.17) is 5.11 Å². The topological polar surface area (TPSA) is 70.5 Å². The monoisotopic (exact) mass is 270 g/mol. The van der Waals surface area contributed by atoms with E-state index in [1.54, 1.807) is 11.8 Å². The van der Waals surface area contributed by atoms with Crippen LogP contribution in [-0.2, 0) is 4.79 Å². The molecule has 1 amide bonds. The fourth-order valence-electron chi connectivity index (χ4n) is 1.67. The Morgan fingerprint density at radius 2 is 2.00 bits per heavy atom. The van der Waals surface area contributed by atoms with Crippen LogP contribution in [0.5, 0.6) is 0 Å². The van der Waals surface area contributed by atoms with Crippen LogP contribution in [0, 0.1) is 13.8 Å². The number of hydrogen-bond donors (Lipinski definition) is 1. The predicted octanol–water partition coefficient (Wildman–Crippen LogP) is 2.09. The van der Waals surface area contributed by atoms with E-state index in [2.05, 4.69) is 4.98 Å². The molecule has 0 saturated heterocycles. The Morgan fingerprint density at radius 3 is 2.39 bits per heavy atom. The van der Waals surface area contributed by atoms with E-state index < -0.39 is 5.97 Å². The van der Waals surface area contributed by atoms with Crippen LogP contribution in [0.1, 0.15) is 40.6 Å². The number of amides is 1. The van der Waals surface area contributed by atoms with Gasteiger partial charge in [-0.25, -0.2) is 4.98 Å². The van der Waals surface area contributed by atoms with E-state index in [-0.39, 0.29) is 24.9 Å². The highest BCUT2D eigenvalue weighted by molar-refractivity contribution is 7.13. The summed E-state index contributed by atoms with van der Waals surface area (Å²) in [5.41, 5.74) is 0.712. The summed E-state index contributed by atoms with van der Waals surface area (Å²) in [6.45, 7) is 7.63. The van der Waals surface area contributed by atoms with Crippen molar-refractivity contribution >= 4 is 23.2 Å². The van der Waals surface area contributed by atoms with Crippen LogP contribution in [0.2, 0.25) is 0 Å². The van der Waals surface area contributed by atoms with Crippen LogP contribution in [-0.4, -0.2) is 39.5 Å². The minimum Gasteiger partial charge on any atom is -0.481 e. The third-order valence-corrected chi connectivity index (χ3v) is 3.61. The molecular formula is C12H18N2O3S. The molecule has 1 rings (SSSR count). The van der Waals surface area contributed by atoms with Crippen LogP contribution < -0.4 is 0 Å². The SMILES string of the molecule is Cc1nc(C)c(C(=O)N(CCC(=O)O)C(C)C)s1. The number of carboxylic acids is 1. The van der Waals surface area contributed by atoms with Gasteiger partial charge in [0.15, 0.2) is 0 Å². The highest BCUT2D eigenvalue weighted by atomic mass is 32.1. The second kappa shape index (κ2) is 5.95. The zero-order chi connectivity index (χ0) is 13.9. The van der Waals surface area contributed by atoms with Crippen molar-refractivity contribution in [2.45, 2.75) is 40.2 Å². The second-order valence-electron chi connectivity index (χ2n) is 4.38. The van der Waals surface area contributed by atoms with E-state index in [0.717, 1.165) is 5.01 Å². The minimum atomic E-state index is -0.898. The second-order valence-corrected chi connectivity index (χ2v) is 5.59. The van der Waals surface area contributed by atoms with E-state index in [0.29, 0.717) is 10.6 Å². The van der Waals surface area contributed by atoms with Crippen molar-refractivity contribution in [2.75, 3.05) is 6.54 Å². The summed E-state index contributed by atoms with van der Waals surface area (Å²) in [6.07, 6.45) is -0.0409. The molecule has 6 heteroatoms. The molecule has 1 heterocycles. The van der Waals surface area contributed by atoms with Crippen LogP contribution in [0.15, 0.2) is 0 Å². The average molecular weight is 270 g/mol. The fraction of sp³-hybridized carbons (Fsp3) is 0.583. The van der Waals surface area contributed by atoms with Gasteiger partial charge in [0.25, 0.3) is 5.91 Å². The van der Waals surface area contributed by atoms with Gasteiger partial charge in [-0.15, -0.1) is 11.3 Å². The van der Waals surface area contributed by atoms with Crippen molar-refractivity contribution in [3.63, 3.8) is 0 Å². The molecule has 1 aromatic rings. The third-order valence-electron chi connectivity index (χ3n) is 2.55. The molecule has 18 heavy (non-hydrogen) atoms. The number of aromatic nitrogens is 1. The quantitative estimate of drug-likeness (QED) is 0.889. The highest BCUT2D eigenvalue weighted by Gasteiger charge is 2.23. The first-order valence-corrected chi connectivity index (χ1v) is 6.61. The van der Waals surface area contributed by atoms with Crippen LogP contribution in [0.3, 0.4) is 0 Å². The number of nitrogens with zero attached hydrogens (tertiary/aromatic N) is 2. The van der Waals surface area contributed by atoms with Crippen LogP contribution in [0.4, 0.5) is 0 Å². The van der Waals surface area contributed by atoms with Crippen molar-refractivity contribution in [3.8, 4) is 0 Å². The summed E-state index contributed by atoms with van der Waals surface area (Å²) < 4.78 is 0. The average Bonchev–Trinajstić information content (AvgIpc) is 2.56. The number of aryl methyl sites for hydroxylation is 2. The molecule has 5 nitrogen and oxygen atoms in total. The molecule has 0 unspecified atom stereocenters. The van der Waals surface area contributed by atoms with Gasteiger partial charge < -0.3 is 10.0 Å². The Balaban J connectivity index is 2.89. The zero-order valence-electron chi connectivity index (χ0n) is 11.1. The Kier molecular flexibility index (Phi) is 4.84. The molecule has 1 aromatic heterocycles. The fourth-order valence-corrected chi connectivity index (χ4v) is 2.55. The molecule has 0 aliphatic heterocycles. The van der Waals surface area contributed by atoms with E-state index in [9.17, 15) is 9.59 Å². The van der Waals surface area contributed by atoms with Crippen LogP contribution in [0.25, 0.3) is 0 Å². The smallest absolute Gasteiger partial charge is 0.305 e. The van der Waals surface area contributed by atoms with Gasteiger partial charge >= 0.3 is 5.97 Å². The summed E-state index contributed by atoms with van der Waals surface area (Å²) in [4.78, 5) is 29.3. The molecule has 0 saturated carbocycles. The van der Waals surface area contributed by atoms with Crippen molar-refractivity contribution in [2.24, 2.45) is 0 Å². The maximum atomic E-state index is 12.3. The molecule has 1 N–H and O–H groups in total. The van der Waals surface area contributed by atoms with Crippen LogP contribution >= 0.6 is 11.3 Å². The van der Waals surface area contributed by atoms with Gasteiger partial charge in [-0.05, 0) is 27.7 Å². The summed E-state index contributed by atoms with van der Waals surface area (Å²) >= 11 is 1.35. The number of carbonyl (C=O) groups is 2. The summed E-state index contributed by atoms with van der Waals surface area (Å²) in [5.74, 6) is -1.03. The van der Waals surface area contributed by atoms with Gasteiger partial charge in [0.1, 0.15) is 4.88 Å². The Hall–Kier alpha value is -1.43. The van der Waals surface area contributed by atoms with Gasteiger partial charge in [-0.3, -0.25) is 9.59 Å². The molecule has 0 aromatic carbocycles. The maximum absolute atomic E-state index is 12.3. The zero-order valence-corrected chi connectivity index (χ0v) is 11.9. The predicted molar refractivity (Wildman–Crippen MR) is 70.0 cm³/mol. The number of carbonyl (C=O) groups excluding carboxylic acids is 1. The lowest BCUT2D eigenvalue weighted by Gasteiger charge is -2.25. The lowest BCUT2D eigenvalue weighted by Crippen LogP contribution is -2.38. The molecule has 0 bridgehead atoms. The van der Waals surface area contributed by atoms with Crippen molar-refractivity contribution in [1.82, 2.24) is 9.88 Å². The van der Waals surface area contributed by atoms with E-state index >= 15 is 0 Å². The lowest BCUT2D eigenvalue weighted by molar-refractivity contribution is -0.137. The molecular weight excluding hydrogens is 252 g/mol. The molecule has 0 radical (unpaired) electrons. The minimum absolute atomic E-state index is 0.0290. The summed E-state index contributed by atoms with van der Waals surface area (Å²) in [5, 5.41) is 9.55. The number of hydrogen-bond acceptors (Lipinski definition) is 4. The molecule has 0 spiro atoms. The Bertz CT molecular complexity index is 454. The Morgan fingerprint density at radius 1 is 1.39 bits per heavy atom. The third kappa shape index (κ3) is 3.53. The number of aliphatic carboxylic acids is 1. The number of carboxylic acid groups (broad SMARTS) is 1. The van der Waals surface area contributed by atoms with Crippen molar-refractivity contribution in [3.05, 3.63) is 15.6 Å². The van der Waals surface area contributed by atoms with Gasteiger partial charge in [0.05, 0.1) is 17.1 Å². The molecule has 100 valence electrons. The lowest BCUT2D eigenvalue weighted by atomic mass is 10.2. The van der Waals surface area contributed by atoms with Gasteiger partial charge in [-0.2, -0.15) is 0 Å². The van der Waals surface area contributed by atoms with Gasteiger partial charge in [0, 0.05) is 12.6 Å². The summed E-state index contributed by atoms with van der Waals surface area (Å²) in [7, 11) is 0. The largest absolute Gasteiger partial charge is 0.481 e. The molecule has 0 fully saturated rings. The first-order chi connectivity index (χ1) is 8.32. The van der Waals surface area contributed by atoms with Gasteiger partial charge in [0.2, 0.25) is 0 Å². The summed E-state index contributed by atoms with van der Waals surface area (Å²) in [6, 6.07) is -0.0290. The number of rotatable bonds is 5. The maximum Gasteiger partial charge on any atom is 0.305 e. The first-order valence-electron chi connectivity index (χ1n) is 5.79. The number of thiazole rings is 1. The highest BCUT2D eigenvalue weighted by Crippen LogP contribution is 2.20.